The van der Waals surface area contributed by atoms with Gasteiger partial charge >= 0.3 is 0 Å². The highest BCUT2D eigenvalue weighted by Crippen LogP contribution is 2.26. The highest BCUT2D eigenvalue weighted by Gasteiger charge is 2.23. The van der Waals surface area contributed by atoms with Crippen LogP contribution in [0.2, 0.25) is 0 Å². The van der Waals surface area contributed by atoms with Crippen molar-refractivity contribution in [3.8, 4) is 0 Å². The molecule has 0 unspecified atom stereocenters. The third-order valence-corrected chi connectivity index (χ3v) is 8.02. The van der Waals surface area contributed by atoms with Gasteiger partial charge in [0.15, 0.2) is 0 Å². The number of piperazine rings is 2. The smallest absolute Gasteiger partial charge is 0.224 e. The minimum absolute atomic E-state index is 0.0424. The molecular weight excluding hydrogens is 488 g/mol. The maximum absolute atomic E-state index is 12.8. The molecule has 8 nitrogen and oxygen atoms in total. The molecule has 0 aliphatic carbocycles. The molecule has 0 atom stereocenters. The molecule has 2 aromatic carbocycles. The van der Waals surface area contributed by atoms with E-state index in [0.717, 1.165) is 67.2 Å². The molecule has 2 aliphatic heterocycles. The molecule has 2 fully saturated rings. The van der Waals surface area contributed by atoms with Crippen molar-refractivity contribution in [2.75, 3.05) is 74.5 Å². The topological polar surface area (TPSA) is 72.0 Å². The van der Waals surface area contributed by atoms with E-state index in [9.17, 15) is 9.59 Å². The SMILES string of the molecule is Cc1ccc(C)c(N2CCN(C(=O)CCC(=O)Nc3ccc4nc(N5CCN(C)CC5)cc(C)c4c3)CC2)c1. The van der Waals surface area contributed by atoms with E-state index in [1.54, 1.807) is 0 Å². The number of aromatic nitrogens is 1. The Balaban J connectivity index is 1.13. The predicted molar refractivity (Wildman–Crippen MR) is 159 cm³/mol. The van der Waals surface area contributed by atoms with Gasteiger partial charge in [0.2, 0.25) is 11.8 Å². The summed E-state index contributed by atoms with van der Waals surface area (Å²) in [6.45, 7) is 13.3. The van der Waals surface area contributed by atoms with Gasteiger partial charge in [-0.05, 0) is 74.8 Å². The van der Waals surface area contributed by atoms with Crippen LogP contribution in [-0.2, 0) is 9.59 Å². The molecule has 1 aromatic heterocycles. The average molecular weight is 529 g/mol. The number of hydrogen-bond acceptors (Lipinski definition) is 6. The van der Waals surface area contributed by atoms with Gasteiger partial charge in [0.05, 0.1) is 5.52 Å². The normalized spacial score (nSPS) is 16.6. The second-order valence-electron chi connectivity index (χ2n) is 11.0. The molecular formula is C31H40N6O2. The van der Waals surface area contributed by atoms with E-state index in [-0.39, 0.29) is 24.7 Å². The Kier molecular flexibility index (Phi) is 8.02. The van der Waals surface area contributed by atoms with Crippen LogP contribution in [0.4, 0.5) is 17.2 Å². The van der Waals surface area contributed by atoms with Gasteiger partial charge in [-0.1, -0.05) is 12.1 Å². The van der Waals surface area contributed by atoms with Crippen molar-refractivity contribution >= 4 is 39.9 Å². The summed E-state index contributed by atoms with van der Waals surface area (Å²) in [5.74, 6) is 0.912. The molecule has 0 spiro atoms. The van der Waals surface area contributed by atoms with Crippen LogP contribution in [0.3, 0.4) is 0 Å². The van der Waals surface area contributed by atoms with E-state index in [4.69, 9.17) is 4.98 Å². The summed E-state index contributed by atoms with van der Waals surface area (Å²) in [7, 11) is 2.15. The second-order valence-corrected chi connectivity index (χ2v) is 11.0. The number of pyridine rings is 1. The fourth-order valence-electron chi connectivity index (χ4n) is 5.51. The average Bonchev–Trinajstić information content (AvgIpc) is 2.94. The monoisotopic (exact) mass is 528 g/mol. The van der Waals surface area contributed by atoms with E-state index in [1.165, 1.54) is 16.8 Å². The van der Waals surface area contributed by atoms with Crippen LogP contribution in [0.15, 0.2) is 42.5 Å². The minimum atomic E-state index is -0.142. The van der Waals surface area contributed by atoms with Crippen molar-refractivity contribution in [2.45, 2.75) is 33.6 Å². The number of rotatable bonds is 6. The van der Waals surface area contributed by atoms with Crippen LogP contribution in [0.1, 0.15) is 29.5 Å². The molecule has 0 bridgehead atoms. The van der Waals surface area contributed by atoms with Crippen LogP contribution >= 0.6 is 0 Å². The van der Waals surface area contributed by atoms with Crippen molar-refractivity contribution in [3.05, 3.63) is 59.2 Å². The summed E-state index contributed by atoms with van der Waals surface area (Å²) in [6.07, 6.45) is 0.394. The number of fused-ring (bicyclic) bond motifs is 1. The lowest BCUT2D eigenvalue weighted by molar-refractivity contribution is -0.133. The van der Waals surface area contributed by atoms with Crippen LogP contribution in [0.25, 0.3) is 10.9 Å². The molecule has 206 valence electrons. The lowest BCUT2D eigenvalue weighted by Gasteiger charge is -2.37. The number of hydrogen-bond donors (Lipinski definition) is 1. The molecule has 0 saturated carbocycles. The van der Waals surface area contributed by atoms with Crippen molar-refractivity contribution in [3.63, 3.8) is 0 Å². The Labute approximate surface area is 231 Å². The quantitative estimate of drug-likeness (QED) is 0.522. The first-order valence-electron chi connectivity index (χ1n) is 14.0. The first-order chi connectivity index (χ1) is 18.8. The van der Waals surface area contributed by atoms with Gasteiger partial charge in [-0.15, -0.1) is 0 Å². The fourth-order valence-corrected chi connectivity index (χ4v) is 5.51. The summed E-state index contributed by atoms with van der Waals surface area (Å²) in [4.78, 5) is 39.3. The van der Waals surface area contributed by atoms with Gasteiger partial charge in [-0.3, -0.25) is 9.59 Å². The third kappa shape index (κ3) is 6.33. The van der Waals surface area contributed by atoms with Gasteiger partial charge in [0.25, 0.3) is 0 Å². The number of aryl methyl sites for hydroxylation is 3. The van der Waals surface area contributed by atoms with E-state index in [2.05, 4.69) is 72.1 Å². The lowest BCUT2D eigenvalue weighted by atomic mass is 10.1. The minimum Gasteiger partial charge on any atom is -0.368 e. The zero-order valence-corrected chi connectivity index (χ0v) is 23.7. The fraction of sp³-hybridized carbons (Fsp3) is 0.452. The third-order valence-electron chi connectivity index (χ3n) is 8.02. The van der Waals surface area contributed by atoms with Crippen molar-refractivity contribution < 1.29 is 9.59 Å². The zero-order valence-electron chi connectivity index (χ0n) is 23.7. The standard InChI is InChI=1S/C31H40N6O2/c1-22-5-6-23(2)28(19-22)35-15-17-37(18-16-35)31(39)10-9-30(38)32-25-7-8-27-26(21-25)24(3)20-29(33-27)36-13-11-34(4)12-14-36/h5-8,19-21H,9-18H2,1-4H3,(H,32,38). The number of benzene rings is 2. The summed E-state index contributed by atoms with van der Waals surface area (Å²) in [5.41, 5.74) is 6.55. The maximum atomic E-state index is 12.8. The molecule has 2 aliphatic rings. The molecule has 2 saturated heterocycles. The lowest BCUT2D eigenvalue weighted by Crippen LogP contribution is -2.49. The Hall–Kier alpha value is -3.65. The Morgan fingerprint density at radius 2 is 1.51 bits per heavy atom. The Morgan fingerprint density at radius 1 is 0.795 bits per heavy atom. The highest BCUT2D eigenvalue weighted by molar-refractivity contribution is 5.96. The number of nitrogens with one attached hydrogen (secondary N) is 1. The molecule has 39 heavy (non-hydrogen) atoms. The van der Waals surface area contributed by atoms with Gasteiger partial charge in [-0.25, -0.2) is 4.98 Å². The Bertz CT molecular complexity index is 1360. The van der Waals surface area contributed by atoms with Crippen LogP contribution in [0.5, 0.6) is 0 Å². The summed E-state index contributed by atoms with van der Waals surface area (Å²) >= 11 is 0. The van der Waals surface area contributed by atoms with Crippen LogP contribution in [-0.4, -0.2) is 86.0 Å². The summed E-state index contributed by atoms with van der Waals surface area (Å²) in [5, 5.41) is 4.01. The number of anilines is 3. The number of likely N-dealkylation sites (N-methyl/N-ethyl adjacent to an activating group) is 1. The largest absolute Gasteiger partial charge is 0.368 e. The highest BCUT2D eigenvalue weighted by atomic mass is 16.2. The summed E-state index contributed by atoms with van der Waals surface area (Å²) < 4.78 is 0. The first-order valence-corrected chi connectivity index (χ1v) is 14.0. The molecule has 1 N–H and O–H groups in total. The first kappa shape index (κ1) is 26.9. The molecule has 2 amide bonds. The zero-order chi connectivity index (χ0) is 27.5. The maximum Gasteiger partial charge on any atom is 0.224 e. The number of carbonyl (C=O) groups excluding carboxylic acids is 2. The van der Waals surface area contributed by atoms with Crippen molar-refractivity contribution in [1.82, 2.24) is 14.8 Å². The molecule has 8 heteroatoms. The molecule has 5 rings (SSSR count). The van der Waals surface area contributed by atoms with Crippen LogP contribution < -0.4 is 15.1 Å². The number of nitrogens with zero attached hydrogens (tertiary/aromatic N) is 5. The predicted octanol–water partition coefficient (Wildman–Crippen LogP) is 3.98. The van der Waals surface area contributed by atoms with E-state index >= 15 is 0 Å². The number of carbonyl (C=O) groups is 2. The molecule has 3 heterocycles. The van der Waals surface area contributed by atoms with Crippen molar-refractivity contribution in [2.24, 2.45) is 0 Å². The number of amides is 2. The second kappa shape index (κ2) is 11.6. The van der Waals surface area contributed by atoms with E-state index in [0.29, 0.717) is 13.1 Å². The van der Waals surface area contributed by atoms with Gasteiger partial charge in [0.1, 0.15) is 5.82 Å². The van der Waals surface area contributed by atoms with Gasteiger partial charge in [-0.2, -0.15) is 0 Å². The van der Waals surface area contributed by atoms with E-state index in [1.807, 2.05) is 23.1 Å². The summed E-state index contributed by atoms with van der Waals surface area (Å²) in [6, 6.07) is 14.5. The van der Waals surface area contributed by atoms with Crippen LogP contribution in [0, 0.1) is 20.8 Å². The molecule has 3 aromatic rings. The van der Waals surface area contributed by atoms with E-state index < -0.39 is 0 Å². The Morgan fingerprint density at radius 3 is 2.26 bits per heavy atom. The van der Waals surface area contributed by atoms with Gasteiger partial charge < -0.3 is 24.9 Å². The molecule has 0 radical (unpaired) electrons. The van der Waals surface area contributed by atoms with Crippen molar-refractivity contribution in [1.29, 1.82) is 0 Å². The van der Waals surface area contributed by atoms with Gasteiger partial charge in [0, 0.05) is 82.0 Å².